The molecule has 1 atom stereocenters. The van der Waals surface area contributed by atoms with Gasteiger partial charge in [0, 0.05) is 19.3 Å². The maximum absolute atomic E-state index is 11.8. The molecule has 1 aliphatic heterocycles. The number of hydrogen-bond acceptors (Lipinski definition) is 3. The van der Waals surface area contributed by atoms with Crippen molar-refractivity contribution in [3.63, 3.8) is 0 Å². The number of amides is 1. The molecular formula is C11H18N4O. The molecule has 2 N–H and O–H groups in total. The fourth-order valence-electron chi connectivity index (χ4n) is 1.96. The molecule has 2 rings (SSSR count). The maximum atomic E-state index is 11.8. The zero-order valence-corrected chi connectivity index (χ0v) is 9.57. The molecule has 0 spiro atoms. The molecule has 0 radical (unpaired) electrons. The second-order valence-electron chi connectivity index (χ2n) is 4.23. The summed E-state index contributed by atoms with van der Waals surface area (Å²) in [5.41, 5.74) is 0.500. The molecule has 0 aromatic carbocycles. The molecule has 1 amide bonds. The van der Waals surface area contributed by atoms with Gasteiger partial charge in [-0.05, 0) is 38.4 Å². The fourth-order valence-corrected chi connectivity index (χ4v) is 1.96. The lowest BCUT2D eigenvalue weighted by molar-refractivity contribution is 0.0928. The number of nitrogens with one attached hydrogen (secondary N) is 2. The molecule has 5 heteroatoms. The highest BCUT2D eigenvalue weighted by molar-refractivity contribution is 5.92. The summed E-state index contributed by atoms with van der Waals surface area (Å²) >= 11 is 0. The van der Waals surface area contributed by atoms with E-state index in [1.807, 2.05) is 7.05 Å². The standard InChI is InChI=1S/C11H18N4O/c1-15-8-5-10(14-15)11(16)13-9-3-2-6-12-7-4-9/h5,8-9,12H,2-4,6-7H2,1H3,(H,13,16). The van der Waals surface area contributed by atoms with Gasteiger partial charge in [-0.25, -0.2) is 0 Å². The topological polar surface area (TPSA) is 59.0 Å². The number of hydrogen-bond donors (Lipinski definition) is 2. The summed E-state index contributed by atoms with van der Waals surface area (Å²) in [6.07, 6.45) is 4.95. The predicted octanol–water partition coefficient (Wildman–Crippen LogP) is 0.292. The van der Waals surface area contributed by atoms with Crippen molar-refractivity contribution < 1.29 is 4.79 Å². The van der Waals surface area contributed by atoms with Gasteiger partial charge in [-0.15, -0.1) is 0 Å². The van der Waals surface area contributed by atoms with E-state index < -0.39 is 0 Å². The fraction of sp³-hybridized carbons (Fsp3) is 0.636. The number of rotatable bonds is 2. The smallest absolute Gasteiger partial charge is 0.271 e. The largest absolute Gasteiger partial charge is 0.348 e. The number of aromatic nitrogens is 2. The Labute approximate surface area is 95.2 Å². The van der Waals surface area contributed by atoms with Gasteiger partial charge >= 0.3 is 0 Å². The molecule has 16 heavy (non-hydrogen) atoms. The van der Waals surface area contributed by atoms with Crippen molar-refractivity contribution in [2.75, 3.05) is 13.1 Å². The van der Waals surface area contributed by atoms with Crippen molar-refractivity contribution in [2.45, 2.75) is 25.3 Å². The van der Waals surface area contributed by atoms with Crippen LogP contribution in [0.25, 0.3) is 0 Å². The molecule has 1 aromatic rings. The molecule has 1 aromatic heterocycles. The Bertz CT molecular complexity index is 353. The van der Waals surface area contributed by atoms with Gasteiger partial charge in [0.15, 0.2) is 0 Å². The molecule has 0 aliphatic carbocycles. The molecule has 1 fully saturated rings. The highest BCUT2D eigenvalue weighted by Crippen LogP contribution is 2.06. The molecule has 1 unspecified atom stereocenters. The van der Waals surface area contributed by atoms with Gasteiger partial charge < -0.3 is 10.6 Å². The summed E-state index contributed by atoms with van der Waals surface area (Å²) < 4.78 is 1.64. The lowest BCUT2D eigenvalue weighted by atomic mass is 10.1. The molecule has 1 saturated heterocycles. The Morgan fingerprint density at radius 1 is 1.56 bits per heavy atom. The van der Waals surface area contributed by atoms with Gasteiger partial charge in [0.1, 0.15) is 5.69 Å². The van der Waals surface area contributed by atoms with E-state index in [4.69, 9.17) is 0 Å². The average molecular weight is 222 g/mol. The van der Waals surface area contributed by atoms with E-state index in [-0.39, 0.29) is 11.9 Å². The zero-order valence-electron chi connectivity index (χ0n) is 9.57. The summed E-state index contributed by atoms with van der Waals surface area (Å²) in [5, 5.41) is 10.4. The van der Waals surface area contributed by atoms with Crippen LogP contribution in [-0.2, 0) is 7.05 Å². The van der Waals surface area contributed by atoms with Crippen LogP contribution in [0.2, 0.25) is 0 Å². The Morgan fingerprint density at radius 3 is 3.19 bits per heavy atom. The first kappa shape index (κ1) is 11.1. The summed E-state index contributed by atoms with van der Waals surface area (Å²) in [7, 11) is 1.81. The number of carbonyl (C=O) groups excluding carboxylic acids is 1. The summed E-state index contributed by atoms with van der Waals surface area (Å²) in [6.45, 7) is 2.03. The zero-order chi connectivity index (χ0) is 11.4. The summed E-state index contributed by atoms with van der Waals surface area (Å²) in [6, 6.07) is 2.02. The SMILES string of the molecule is Cn1ccc(C(=O)NC2CCCNCC2)n1. The number of nitrogens with zero attached hydrogens (tertiary/aromatic N) is 2. The second kappa shape index (κ2) is 5.12. The average Bonchev–Trinajstić information content (AvgIpc) is 2.54. The molecule has 1 aliphatic rings. The van der Waals surface area contributed by atoms with Crippen LogP contribution in [0.3, 0.4) is 0 Å². The lowest BCUT2D eigenvalue weighted by Crippen LogP contribution is -2.35. The van der Waals surface area contributed by atoms with Crippen molar-refractivity contribution in [1.29, 1.82) is 0 Å². The van der Waals surface area contributed by atoms with Crippen LogP contribution in [0.1, 0.15) is 29.8 Å². The number of carbonyl (C=O) groups is 1. The maximum Gasteiger partial charge on any atom is 0.271 e. The van der Waals surface area contributed by atoms with Gasteiger partial charge in [0.05, 0.1) is 0 Å². The van der Waals surface area contributed by atoms with Crippen molar-refractivity contribution in [2.24, 2.45) is 7.05 Å². The van der Waals surface area contributed by atoms with Crippen LogP contribution < -0.4 is 10.6 Å². The van der Waals surface area contributed by atoms with E-state index in [2.05, 4.69) is 15.7 Å². The van der Waals surface area contributed by atoms with Crippen LogP contribution in [0.15, 0.2) is 12.3 Å². The first-order valence-electron chi connectivity index (χ1n) is 5.77. The third kappa shape index (κ3) is 2.82. The first-order chi connectivity index (χ1) is 7.75. The van der Waals surface area contributed by atoms with E-state index in [0.29, 0.717) is 5.69 Å². The second-order valence-corrected chi connectivity index (χ2v) is 4.23. The Morgan fingerprint density at radius 2 is 2.44 bits per heavy atom. The predicted molar refractivity (Wildman–Crippen MR) is 61.2 cm³/mol. The van der Waals surface area contributed by atoms with Gasteiger partial charge in [-0.2, -0.15) is 5.10 Å². The van der Waals surface area contributed by atoms with Gasteiger partial charge in [0.2, 0.25) is 0 Å². The van der Waals surface area contributed by atoms with Crippen molar-refractivity contribution in [3.8, 4) is 0 Å². The Balaban J connectivity index is 1.90. The molecule has 88 valence electrons. The molecule has 5 nitrogen and oxygen atoms in total. The van der Waals surface area contributed by atoms with Crippen molar-refractivity contribution >= 4 is 5.91 Å². The normalized spacial score (nSPS) is 21.4. The van der Waals surface area contributed by atoms with Crippen LogP contribution in [-0.4, -0.2) is 34.8 Å². The highest BCUT2D eigenvalue weighted by Gasteiger charge is 2.16. The monoisotopic (exact) mass is 222 g/mol. The quantitative estimate of drug-likeness (QED) is 0.756. The van der Waals surface area contributed by atoms with Gasteiger partial charge in [0.25, 0.3) is 5.91 Å². The van der Waals surface area contributed by atoms with Crippen LogP contribution in [0.5, 0.6) is 0 Å². The van der Waals surface area contributed by atoms with Crippen LogP contribution in [0.4, 0.5) is 0 Å². The lowest BCUT2D eigenvalue weighted by Gasteiger charge is -2.14. The van der Waals surface area contributed by atoms with Crippen molar-refractivity contribution in [1.82, 2.24) is 20.4 Å². The van der Waals surface area contributed by atoms with Gasteiger partial charge in [-0.1, -0.05) is 0 Å². The minimum absolute atomic E-state index is 0.0625. The van der Waals surface area contributed by atoms with Crippen molar-refractivity contribution in [3.05, 3.63) is 18.0 Å². The van der Waals surface area contributed by atoms with E-state index in [0.717, 1.165) is 32.4 Å². The minimum Gasteiger partial charge on any atom is -0.348 e. The Hall–Kier alpha value is -1.36. The minimum atomic E-state index is -0.0625. The molecular weight excluding hydrogens is 204 g/mol. The van der Waals surface area contributed by atoms with Gasteiger partial charge in [-0.3, -0.25) is 9.48 Å². The third-order valence-corrected chi connectivity index (χ3v) is 2.86. The summed E-state index contributed by atoms with van der Waals surface area (Å²) in [5.74, 6) is -0.0625. The Kier molecular flexibility index (Phi) is 3.56. The molecule has 0 bridgehead atoms. The van der Waals surface area contributed by atoms with E-state index >= 15 is 0 Å². The third-order valence-electron chi connectivity index (χ3n) is 2.86. The van der Waals surface area contributed by atoms with Crippen LogP contribution in [0, 0.1) is 0 Å². The van der Waals surface area contributed by atoms with E-state index in [9.17, 15) is 4.79 Å². The van der Waals surface area contributed by atoms with E-state index in [1.54, 1.807) is 16.9 Å². The first-order valence-corrected chi connectivity index (χ1v) is 5.77. The van der Waals surface area contributed by atoms with Crippen LogP contribution >= 0.6 is 0 Å². The molecule has 0 saturated carbocycles. The summed E-state index contributed by atoms with van der Waals surface area (Å²) in [4.78, 5) is 11.8. The molecule has 2 heterocycles. The number of aryl methyl sites for hydroxylation is 1. The highest BCUT2D eigenvalue weighted by atomic mass is 16.2. The van der Waals surface area contributed by atoms with E-state index in [1.165, 1.54) is 0 Å².